The molecule has 10 nitrogen and oxygen atoms in total. The van der Waals surface area contributed by atoms with Gasteiger partial charge in [0.15, 0.2) is 5.58 Å². The molecule has 0 radical (unpaired) electrons. The second-order valence-electron chi connectivity index (χ2n) is 11.8. The van der Waals surface area contributed by atoms with Crippen molar-refractivity contribution in [2.75, 3.05) is 19.6 Å². The van der Waals surface area contributed by atoms with Gasteiger partial charge in [-0.2, -0.15) is 0 Å². The van der Waals surface area contributed by atoms with E-state index in [0.717, 1.165) is 16.3 Å². The van der Waals surface area contributed by atoms with Crippen molar-refractivity contribution in [3.8, 4) is 0 Å². The number of likely N-dealkylation sites (tertiary alicyclic amines) is 1. The molecule has 0 saturated carbocycles. The van der Waals surface area contributed by atoms with Gasteiger partial charge in [-0.05, 0) is 55.0 Å². The first-order valence-corrected chi connectivity index (χ1v) is 15.2. The van der Waals surface area contributed by atoms with Gasteiger partial charge in [0.2, 0.25) is 11.7 Å². The van der Waals surface area contributed by atoms with Gasteiger partial charge < -0.3 is 19.7 Å². The van der Waals surface area contributed by atoms with Crippen LogP contribution in [0.5, 0.6) is 0 Å². The van der Waals surface area contributed by atoms with Crippen LogP contribution < -0.4 is 5.32 Å². The number of rotatable bonds is 10. The fourth-order valence-corrected chi connectivity index (χ4v) is 5.60. The molecular weight excluding hydrogens is 560 g/mol. The third-order valence-corrected chi connectivity index (χ3v) is 8.23. The summed E-state index contributed by atoms with van der Waals surface area (Å²) in [6.07, 6.45) is 1.03. The van der Waals surface area contributed by atoms with E-state index in [1.807, 2.05) is 74.5 Å². The maximum absolute atomic E-state index is 13.9. The van der Waals surface area contributed by atoms with Crippen LogP contribution in [-0.2, 0) is 11.2 Å². The number of hydrogen-bond acceptors (Lipinski definition) is 6. The number of Topliss-reactive ketones (excluding diaryl/α,β-unsaturated/α-hetero) is 1. The van der Waals surface area contributed by atoms with E-state index in [1.54, 1.807) is 6.07 Å². The van der Waals surface area contributed by atoms with E-state index in [0.29, 0.717) is 36.8 Å². The van der Waals surface area contributed by atoms with Gasteiger partial charge in [-0.3, -0.25) is 14.5 Å². The molecular formula is C34H38N4O6. The summed E-state index contributed by atoms with van der Waals surface area (Å²) in [4.78, 5) is 59.7. The van der Waals surface area contributed by atoms with E-state index in [9.17, 15) is 24.3 Å². The molecule has 4 amide bonds. The molecule has 0 unspecified atom stereocenters. The smallest absolute Gasteiger partial charge is 0.407 e. The maximum Gasteiger partial charge on any atom is 0.407 e. The maximum atomic E-state index is 13.9. The Balaban J connectivity index is 1.40. The Labute approximate surface area is 256 Å². The van der Waals surface area contributed by atoms with E-state index < -0.39 is 29.9 Å². The number of piperidine rings is 1. The minimum absolute atomic E-state index is 0.101. The molecule has 2 N–H and O–H groups in total. The molecule has 1 aromatic heterocycles. The second kappa shape index (κ2) is 13.7. The summed E-state index contributed by atoms with van der Waals surface area (Å²) in [6.45, 7) is 4.67. The zero-order valence-electron chi connectivity index (χ0n) is 25.1. The largest absolute Gasteiger partial charge is 0.465 e. The molecule has 3 aromatic carbocycles. The topological polar surface area (TPSA) is 133 Å². The van der Waals surface area contributed by atoms with E-state index >= 15 is 0 Å². The van der Waals surface area contributed by atoms with Crippen LogP contribution in [0.4, 0.5) is 9.59 Å². The minimum Gasteiger partial charge on any atom is -0.465 e. The number of amides is 4. The number of benzene rings is 3. The Morgan fingerprint density at radius 3 is 2.39 bits per heavy atom. The first-order valence-electron chi connectivity index (χ1n) is 15.2. The van der Waals surface area contributed by atoms with Crippen molar-refractivity contribution < 1.29 is 28.7 Å². The summed E-state index contributed by atoms with van der Waals surface area (Å²) in [6, 6.07) is 19.4. The predicted octanol–water partition coefficient (Wildman–Crippen LogP) is 6.14. The van der Waals surface area contributed by atoms with Crippen molar-refractivity contribution in [2.24, 2.45) is 11.8 Å². The quantitative estimate of drug-likeness (QED) is 0.210. The molecule has 44 heavy (non-hydrogen) atoms. The molecule has 5 rings (SSSR count). The predicted molar refractivity (Wildman–Crippen MR) is 166 cm³/mol. The Kier molecular flexibility index (Phi) is 9.57. The van der Waals surface area contributed by atoms with Crippen LogP contribution in [0.1, 0.15) is 55.8 Å². The van der Waals surface area contributed by atoms with Gasteiger partial charge in [0.1, 0.15) is 5.52 Å². The number of fused-ring (bicyclic) bond motifs is 3. The summed E-state index contributed by atoms with van der Waals surface area (Å²) >= 11 is 0. The fourth-order valence-electron chi connectivity index (χ4n) is 5.60. The number of aryl methyl sites for hydroxylation is 1. The molecule has 1 aliphatic heterocycles. The first-order chi connectivity index (χ1) is 21.2. The highest BCUT2D eigenvalue weighted by molar-refractivity contribution is 6.06. The summed E-state index contributed by atoms with van der Waals surface area (Å²) in [5.41, 5.74) is 2.05. The Morgan fingerprint density at radius 1 is 0.977 bits per heavy atom. The molecule has 0 aliphatic carbocycles. The highest BCUT2D eigenvalue weighted by atomic mass is 16.4. The number of carboxylic acid groups (broad SMARTS) is 1. The van der Waals surface area contributed by atoms with Gasteiger partial charge in [-0.15, -0.1) is 0 Å². The molecule has 0 spiro atoms. The van der Waals surface area contributed by atoms with Crippen LogP contribution in [0.3, 0.4) is 0 Å². The lowest BCUT2D eigenvalue weighted by molar-refractivity contribution is -0.134. The number of oxazole rings is 1. The molecule has 1 atom stereocenters. The molecule has 2 heterocycles. The summed E-state index contributed by atoms with van der Waals surface area (Å²) in [5, 5.41) is 13.9. The lowest BCUT2D eigenvalue weighted by atomic mass is 9.95. The molecule has 1 aliphatic rings. The van der Waals surface area contributed by atoms with Crippen molar-refractivity contribution in [1.29, 1.82) is 0 Å². The highest BCUT2D eigenvalue weighted by Gasteiger charge is 2.35. The number of ketones is 1. The van der Waals surface area contributed by atoms with Crippen LogP contribution in [0.25, 0.3) is 21.9 Å². The summed E-state index contributed by atoms with van der Waals surface area (Å²) in [7, 11) is 0. The summed E-state index contributed by atoms with van der Waals surface area (Å²) in [5.74, 6) is -1.17. The Bertz CT molecular complexity index is 1640. The van der Waals surface area contributed by atoms with Crippen LogP contribution in [-0.4, -0.2) is 69.4 Å². The standard InChI is InChI=1S/C34H38N4O6/c1-22(2)16-21-38(32(40)25-17-19-37(20-18-25)34(42)43)33(41)36-27(14-12-23-8-4-3-5-9-23)29(39)31-35-28-15-13-24-10-6-7-11-26(24)30(28)44-31/h3-11,13,15,22,25,27H,12,14,16-21H2,1-2H3,(H,36,41)(H,42,43)/t27-/m0/s1. The Morgan fingerprint density at radius 2 is 1.68 bits per heavy atom. The van der Waals surface area contributed by atoms with Crippen molar-refractivity contribution in [2.45, 2.75) is 52.0 Å². The average molecular weight is 599 g/mol. The molecule has 230 valence electrons. The minimum atomic E-state index is -1.02. The third-order valence-electron chi connectivity index (χ3n) is 8.23. The number of imide groups is 1. The normalized spacial score (nSPS) is 14.6. The Hall–Kier alpha value is -4.73. The van der Waals surface area contributed by atoms with Crippen LogP contribution in [0.15, 0.2) is 71.1 Å². The third kappa shape index (κ3) is 7.07. The van der Waals surface area contributed by atoms with Crippen LogP contribution in [0.2, 0.25) is 0 Å². The monoisotopic (exact) mass is 598 g/mol. The first kappa shape index (κ1) is 30.7. The van der Waals surface area contributed by atoms with Crippen LogP contribution in [0, 0.1) is 11.8 Å². The number of hydrogen-bond donors (Lipinski definition) is 2. The van der Waals surface area contributed by atoms with Crippen molar-refractivity contribution in [1.82, 2.24) is 20.1 Å². The number of nitrogens with zero attached hydrogens (tertiary/aromatic N) is 3. The van der Waals surface area contributed by atoms with Crippen LogP contribution >= 0.6 is 0 Å². The van der Waals surface area contributed by atoms with E-state index in [-0.39, 0.29) is 43.8 Å². The van der Waals surface area contributed by atoms with Crippen molar-refractivity contribution in [3.05, 3.63) is 78.2 Å². The van der Waals surface area contributed by atoms with Gasteiger partial charge >= 0.3 is 12.1 Å². The molecule has 10 heteroatoms. The number of carbonyl (C=O) groups is 4. The molecule has 0 bridgehead atoms. The lowest BCUT2D eigenvalue weighted by Gasteiger charge is -2.33. The summed E-state index contributed by atoms with van der Waals surface area (Å²) < 4.78 is 6.02. The zero-order chi connectivity index (χ0) is 31.2. The van der Waals surface area contributed by atoms with Gasteiger partial charge in [0, 0.05) is 30.9 Å². The van der Waals surface area contributed by atoms with E-state index in [4.69, 9.17) is 4.42 Å². The van der Waals surface area contributed by atoms with Gasteiger partial charge in [0.05, 0.1) is 6.04 Å². The van der Waals surface area contributed by atoms with Crippen molar-refractivity contribution >= 4 is 45.7 Å². The van der Waals surface area contributed by atoms with E-state index in [1.165, 1.54) is 9.80 Å². The number of carbonyl (C=O) groups excluding carboxylic acids is 3. The molecule has 1 saturated heterocycles. The number of aromatic nitrogens is 1. The second-order valence-corrected chi connectivity index (χ2v) is 11.8. The molecule has 1 fully saturated rings. The van der Waals surface area contributed by atoms with Gasteiger partial charge in [0.25, 0.3) is 5.89 Å². The fraction of sp³-hybridized carbons (Fsp3) is 0.382. The zero-order valence-corrected chi connectivity index (χ0v) is 25.1. The van der Waals surface area contributed by atoms with Gasteiger partial charge in [-0.25, -0.2) is 14.6 Å². The SMILES string of the molecule is CC(C)CCN(C(=O)N[C@@H](CCc1ccccc1)C(=O)c1nc2ccc3ccccc3c2o1)C(=O)C1CCN(C(=O)O)CC1. The molecule has 4 aromatic rings. The number of nitrogens with one attached hydrogen (secondary N) is 1. The van der Waals surface area contributed by atoms with Crippen molar-refractivity contribution in [3.63, 3.8) is 0 Å². The van der Waals surface area contributed by atoms with E-state index in [2.05, 4.69) is 10.3 Å². The van der Waals surface area contributed by atoms with Gasteiger partial charge in [-0.1, -0.05) is 74.5 Å². The highest BCUT2D eigenvalue weighted by Crippen LogP contribution is 2.27. The lowest BCUT2D eigenvalue weighted by Crippen LogP contribution is -2.53. The average Bonchev–Trinajstić information content (AvgIpc) is 3.48. The number of urea groups is 1.